The van der Waals surface area contributed by atoms with Crippen LogP contribution in [0.4, 0.5) is 0 Å². The van der Waals surface area contributed by atoms with Crippen LogP contribution in [0.25, 0.3) is 0 Å². The van der Waals surface area contributed by atoms with Crippen molar-refractivity contribution in [3.05, 3.63) is 11.6 Å². The fourth-order valence-electron chi connectivity index (χ4n) is 3.58. The van der Waals surface area contributed by atoms with E-state index >= 15 is 0 Å². The van der Waals surface area contributed by atoms with E-state index < -0.39 is 5.60 Å². The fourth-order valence-corrected chi connectivity index (χ4v) is 3.58. The summed E-state index contributed by atoms with van der Waals surface area (Å²) in [4.78, 5) is 0. The molecular formula is C15H26O2. The zero-order valence-electron chi connectivity index (χ0n) is 11.5. The highest BCUT2D eigenvalue weighted by Gasteiger charge is 2.41. The molecule has 0 amide bonds. The van der Waals surface area contributed by atoms with Gasteiger partial charge in [0.25, 0.3) is 0 Å². The molecule has 2 nitrogen and oxygen atoms in total. The van der Waals surface area contributed by atoms with E-state index in [0.717, 1.165) is 19.3 Å². The molecule has 0 aromatic rings. The molecule has 1 fully saturated rings. The van der Waals surface area contributed by atoms with Crippen LogP contribution in [0.2, 0.25) is 0 Å². The lowest BCUT2D eigenvalue weighted by atomic mass is 9.78. The van der Waals surface area contributed by atoms with Crippen molar-refractivity contribution < 1.29 is 10.2 Å². The number of aliphatic hydroxyl groups is 2. The third-order valence-corrected chi connectivity index (χ3v) is 5.02. The predicted octanol–water partition coefficient (Wildman–Crippen LogP) is 2.75. The molecule has 0 spiro atoms. The molecule has 0 heterocycles. The van der Waals surface area contributed by atoms with Crippen molar-refractivity contribution in [1.82, 2.24) is 0 Å². The van der Waals surface area contributed by atoms with Gasteiger partial charge < -0.3 is 10.2 Å². The Labute approximate surface area is 105 Å². The van der Waals surface area contributed by atoms with Gasteiger partial charge in [0.1, 0.15) is 0 Å². The first-order chi connectivity index (χ1) is 7.80. The van der Waals surface area contributed by atoms with Gasteiger partial charge in [0.15, 0.2) is 0 Å². The number of rotatable bonds is 1. The average molecular weight is 238 g/mol. The minimum Gasteiger partial charge on any atom is -0.390 e. The Bertz CT molecular complexity index is 313. The van der Waals surface area contributed by atoms with Crippen LogP contribution in [-0.4, -0.2) is 21.9 Å². The molecule has 2 aliphatic rings. The second kappa shape index (κ2) is 4.40. The summed E-state index contributed by atoms with van der Waals surface area (Å²) in [6, 6.07) is 0. The van der Waals surface area contributed by atoms with E-state index in [4.69, 9.17) is 0 Å². The molecule has 0 radical (unpaired) electrons. The van der Waals surface area contributed by atoms with Crippen LogP contribution in [0.15, 0.2) is 11.6 Å². The van der Waals surface area contributed by atoms with Gasteiger partial charge in [-0.05, 0) is 56.8 Å². The van der Waals surface area contributed by atoms with Crippen molar-refractivity contribution in [2.45, 2.75) is 58.7 Å². The molecule has 98 valence electrons. The molecule has 0 aromatic heterocycles. The van der Waals surface area contributed by atoms with Crippen LogP contribution in [0.5, 0.6) is 0 Å². The minimum atomic E-state index is -0.595. The van der Waals surface area contributed by atoms with E-state index in [-0.39, 0.29) is 6.10 Å². The molecule has 1 saturated carbocycles. The maximum absolute atomic E-state index is 10.2. The highest BCUT2D eigenvalue weighted by molar-refractivity contribution is 5.22. The van der Waals surface area contributed by atoms with E-state index in [0.29, 0.717) is 23.7 Å². The first-order valence-electron chi connectivity index (χ1n) is 6.92. The molecule has 0 aliphatic heterocycles. The van der Waals surface area contributed by atoms with Gasteiger partial charge in [-0.1, -0.05) is 25.5 Å². The smallest absolute Gasteiger partial charge is 0.0754 e. The maximum Gasteiger partial charge on any atom is 0.0754 e. The zero-order valence-corrected chi connectivity index (χ0v) is 11.5. The van der Waals surface area contributed by atoms with Crippen LogP contribution in [0.1, 0.15) is 47.0 Å². The van der Waals surface area contributed by atoms with Crippen molar-refractivity contribution in [2.24, 2.45) is 23.7 Å². The summed E-state index contributed by atoms with van der Waals surface area (Å²) in [6.07, 6.45) is 5.06. The molecule has 2 aliphatic carbocycles. The molecule has 0 bridgehead atoms. The molecule has 17 heavy (non-hydrogen) atoms. The standard InChI is InChI=1S/C15H26O2/c1-9-5-6-11(15(3,4)17)7-13-10(2)14(16)8-12(9)13/h8-11,13-14,16-17H,5-7H2,1-4H3/t9-,10+,11+,13-,14-/m0/s1. The summed E-state index contributed by atoms with van der Waals surface area (Å²) >= 11 is 0. The number of fused-ring (bicyclic) bond motifs is 1. The summed E-state index contributed by atoms with van der Waals surface area (Å²) in [7, 11) is 0. The predicted molar refractivity (Wildman–Crippen MR) is 69.5 cm³/mol. The highest BCUT2D eigenvalue weighted by Crippen LogP contribution is 2.47. The zero-order chi connectivity index (χ0) is 12.8. The third-order valence-electron chi connectivity index (χ3n) is 5.02. The molecular weight excluding hydrogens is 212 g/mol. The van der Waals surface area contributed by atoms with Crippen molar-refractivity contribution in [3.63, 3.8) is 0 Å². The molecule has 0 aromatic carbocycles. The average Bonchev–Trinajstić information content (AvgIpc) is 2.40. The minimum absolute atomic E-state index is 0.280. The van der Waals surface area contributed by atoms with Crippen molar-refractivity contribution in [3.8, 4) is 0 Å². The van der Waals surface area contributed by atoms with Gasteiger partial charge in [0.05, 0.1) is 11.7 Å². The number of hydrogen-bond donors (Lipinski definition) is 2. The van der Waals surface area contributed by atoms with E-state index in [2.05, 4.69) is 19.9 Å². The summed E-state index contributed by atoms with van der Waals surface area (Å²) in [6.45, 7) is 8.24. The monoisotopic (exact) mass is 238 g/mol. The Morgan fingerprint density at radius 3 is 2.47 bits per heavy atom. The fraction of sp³-hybridized carbons (Fsp3) is 0.867. The highest BCUT2D eigenvalue weighted by atomic mass is 16.3. The quantitative estimate of drug-likeness (QED) is 0.690. The number of aliphatic hydroxyl groups excluding tert-OH is 1. The maximum atomic E-state index is 10.2. The lowest BCUT2D eigenvalue weighted by Gasteiger charge is -2.31. The summed E-state index contributed by atoms with van der Waals surface area (Å²) in [5, 5.41) is 20.2. The van der Waals surface area contributed by atoms with Crippen LogP contribution in [-0.2, 0) is 0 Å². The summed E-state index contributed by atoms with van der Waals surface area (Å²) < 4.78 is 0. The largest absolute Gasteiger partial charge is 0.390 e. The van der Waals surface area contributed by atoms with Gasteiger partial charge in [0.2, 0.25) is 0 Å². The summed E-state index contributed by atoms with van der Waals surface area (Å²) in [5.41, 5.74) is 0.847. The lowest BCUT2D eigenvalue weighted by Crippen LogP contribution is -2.33. The van der Waals surface area contributed by atoms with Crippen molar-refractivity contribution in [2.75, 3.05) is 0 Å². The van der Waals surface area contributed by atoms with E-state index in [1.807, 2.05) is 13.8 Å². The van der Waals surface area contributed by atoms with Crippen LogP contribution in [0.3, 0.4) is 0 Å². The van der Waals surface area contributed by atoms with Crippen LogP contribution < -0.4 is 0 Å². The Balaban J connectivity index is 2.22. The second-order valence-electron chi connectivity index (χ2n) is 6.69. The molecule has 2 heteroatoms. The summed E-state index contributed by atoms with van der Waals surface area (Å²) in [5.74, 6) is 1.70. The van der Waals surface area contributed by atoms with Gasteiger partial charge in [-0.15, -0.1) is 0 Å². The van der Waals surface area contributed by atoms with E-state index in [9.17, 15) is 10.2 Å². The van der Waals surface area contributed by atoms with Gasteiger partial charge >= 0.3 is 0 Å². The number of hydrogen-bond acceptors (Lipinski definition) is 2. The normalized spacial score (nSPS) is 42.9. The first kappa shape index (κ1) is 13.1. The molecule has 0 saturated heterocycles. The number of allylic oxidation sites excluding steroid dienone is 1. The topological polar surface area (TPSA) is 40.5 Å². The molecule has 2 rings (SSSR count). The Morgan fingerprint density at radius 1 is 1.24 bits per heavy atom. The SMILES string of the molecule is C[C@@H]1[C@@H]2C[C@H](C(C)(C)O)CC[C@H](C)C2=C[C@@H]1O. The molecule has 0 unspecified atom stereocenters. The Hall–Kier alpha value is -0.340. The van der Waals surface area contributed by atoms with Crippen molar-refractivity contribution >= 4 is 0 Å². The Kier molecular flexibility index (Phi) is 3.39. The Morgan fingerprint density at radius 2 is 1.88 bits per heavy atom. The molecule has 5 atom stereocenters. The van der Waals surface area contributed by atoms with Gasteiger partial charge in [-0.2, -0.15) is 0 Å². The van der Waals surface area contributed by atoms with Gasteiger partial charge in [0, 0.05) is 0 Å². The van der Waals surface area contributed by atoms with E-state index in [1.165, 1.54) is 5.57 Å². The first-order valence-corrected chi connectivity index (χ1v) is 6.92. The third kappa shape index (κ3) is 2.43. The van der Waals surface area contributed by atoms with Gasteiger partial charge in [-0.25, -0.2) is 0 Å². The second-order valence-corrected chi connectivity index (χ2v) is 6.69. The van der Waals surface area contributed by atoms with Crippen molar-refractivity contribution in [1.29, 1.82) is 0 Å². The molecule has 2 N–H and O–H groups in total. The van der Waals surface area contributed by atoms with Crippen LogP contribution in [0, 0.1) is 23.7 Å². The van der Waals surface area contributed by atoms with Gasteiger partial charge in [-0.3, -0.25) is 0 Å². The lowest BCUT2D eigenvalue weighted by molar-refractivity contribution is 0.000956. The van der Waals surface area contributed by atoms with Crippen LogP contribution >= 0.6 is 0 Å². The van der Waals surface area contributed by atoms with E-state index in [1.54, 1.807) is 0 Å².